The summed E-state index contributed by atoms with van der Waals surface area (Å²) < 4.78 is 0. The molecule has 1 aliphatic rings. The number of fused-ring (bicyclic) bond motifs is 2. The highest BCUT2D eigenvalue weighted by Gasteiger charge is 2.19. The van der Waals surface area contributed by atoms with Gasteiger partial charge in [-0.3, -0.25) is 4.98 Å². The summed E-state index contributed by atoms with van der Waals surface area (Å²) in [6.45, 7) is 5.07. The monoisotopic (exact) mass is 303 g/mol. The third-order valence-corrected chi connectivity index (χ3v) is 4.55. The van der Waals surface area contributed by atoms with Crippen LogP contribution >= 0.6 is 0 Å². The summed E-state index contributed by atoms with van der Waals surface area (Å²) in [6, 6.07) is 19.7. The largest absolute Gasteiger partial charge is 0.365 e. The van der Waals surface area contributed by atoms with Crippen molar-refractivity contribution in [3.63, 3.8) is 0 Å². The Kier molecular flexibility index (Phi) is 3.72. The number of hydrogen-bond donors (Lipinski definition) is 1. The number of para-hydroxylation sites is 2. The van der Waals surface area contributed by atoms with E-state index in [1.807, 2.05) is 12.3 Å². The predicted octanol–water partition coefficient (Wildman–Crippen LogP) is 3.73. The van der Waals surface area contributed by atoms with Gasteiger partial charge in [0.05, 0.1) is 5.52 Å². The van der Waals surface area contributed by atoms with E-state index in [2.05, 4.69) is 70.7 Å². The number of nitrogens with one attached hydrogen (secondary N) is 1. The van der Waals surface area contributed by atoms with Crippen molar-refractivity contribution in [2.24, 2.45) is 0 Å². The summed E-state index contributed by atoms with van der Waals surface area (Å²) in [5, 5.41) is 4.80. The Bertz CT molecular complexity index is 822. The van der Waals surface area contributed by atoms with Crippen LogP contribution in [0.3, 0.4) is 0 Å². The third-order valence-electron chi connectivity index (χ3n) is 4.55. The smallest absolute Gasteiger partial charge is 0.0751 e. The van der Waals surface area contributed by atoms with Gasteiger partial charge in [-0.1, -0.05) is 42.5 Å². The molecule has 2 aromatic carbocycles. The lowest BCUT2D eigenvalue weighted by Crippen LogP contribution is -2.35. The van der Waals surface area contributed by atoms with E-state index in [1.165, 1.54) is 22.2 Å². The van der Waals surface area contributed by atoms with Gasteiger partial charge in [-0.25, -0.2) is 0 Å². The second kappa shape index (κ2) is 6.01. The summed E-state index contributed by atoms with van der Waals surface area (Å²) in [4.78, 5) is 7.08. The van der Waals surface area contributed by atoms with Crippen LogP contribution in [0.5, 0.6) is 0 Å². The van der Waals surface area contributed by atoms with E-state index in [9.17, 15) is 0 Å². The van der Waals surface area contributed by atoms with Gasteiger partial charge < -0.3 is 10.2 Å². The lowest BCUT2D eigenvalue weighted by atomic mass is 10.1. The van der Waals surface area contributed by atoms with Crippen LogP contribution in [0, 0.1) is 0 Å². The topological polar surface area (TPSA) is 28.2 Å². The minimum Gasteiger partial charge on any atom is -0.365 e. The highest BCUT2D eigenvalue weighted by atomic mass is 15.2. The molecule has 23 heavy (non-hydrogen) atoms. The molecule has 0 radical (unpaired) electrons. The van der Waals surface area contributed by atoms with Crippen molar-refractivity contribution in [1.29, 1.82) is 0 Å². The molecule has 4 rings (SSSR count). The van der Waals surface area contributed by atoms with E-state index in [1.54, 1.807) is 0 Å². The summed E-state index contributed by atoms with van der Waals surface area (Å²) in [5.74, 6) is 0. The molecule has 0 saturated carbocycles. The molecule has 3 heteroatoms. The second-order valence-electron chi connectivity index (χ2n) is 6.28. The van der Waals surface area contributed by atoms with Crippen LogP contribution in [0.1, 0.15) is 18.1 Å². The quantitative estimate of drug-likeness (QED) is 0.782. The van der Waals surface area contributed by atoms with E-state index in [4.69, 9.17) is 0 Å². The molecule has 0 fully saturated rings. The normalized spacial score (nSPS) is 17.8. The van der Waals surface area contributed by atoms with Crippen molar-refractivity contribution in [3.05, 3.63) is 71.9 Å². The van der Waals surface area contributed by atoms with Gasteiger partial charge in [0, 0.05) is 42.9 Å². The minimum atomic E-state index is 0.463. The molecule has 1 aromatic heterocycles. The van der Waals surface area contributed by atoms with Crippen LogP contribution in [0.4, 0.5) is 5.69 Å². The first kappa shape index (κ1) is 14.2. The van der Waals surface area contributed by atoms with Crippen LogP contribution in [-0.4, -0.2) is 17.6 Å². The lowest BCUT2D eigenvalue weighted by Gasteiger charge is -2.27. The number of nitrogens with zero attached hydrogens (tertiary/aromatic N) is 2. The first-order valence-corrected chi connectivity index (χ1v) is 8.20. The van der Waals surface area contributed by atoms with Crippen molar-refractivity contribution in [1.82, 2.24) is 10.3 Å². The highest BCUT2D eigenvalue weighted by Crippen LogP contribution is 2.26. The number of hydrogen-bond acceptors (Lipinski definition) is 3. The maximum absolute atomic E-state index is 4.60. The summed E-state index contributed by atoms with van der Waals surface area (Å²) in [5.41, 5.74) is 5.09. The fourth-order valence-corrected chi connectivity index (χ4v) is 3.40. The predicted molar refractivity (Wildman–Crippen MR) is 95.5 cm³/mol. The van der Waals surface area contributed by atoms with Crippen molar-refractivity contribution >= 4 is 16.6 Å². The second-order valence-corrected chi connectivity index (χ2v) is 6.28. The van der Waals surface area contributed by atoms with Gasteiger partial charge in [-0.15, -0.1) is 0 Å². The minimum absolute atomic E-state index is 0.463. The van der Waals surface area contributed by atoms with Gasteiger partial charge in [0.1, 0.15) is 0 Å². The Morgan fingerprint density at radius 2 is 1.96 bits per heavy atom. The molecule has 1 aliphatic heterocycles. The average molecular weight is 303 g/mol. The fourth-order valence-electron chi connectivity index (χ4n) is 3.40. The van der Waals surface area contributed by atoms with Crippen LogP contribution in [0.25, 0.3) is 10.9 Å². The van der Waals surface area contributed by atoms with Crippen LogP contribution in [0.2, 0.25) is 0 Å². The molecule has 0 spiro atoms. The van der Waals surface area contributed by atoms with Gasteiger partial charge in [-0.2, -0.15) is 0 Å². The average Bonchev–Trinajstić information content (AvgIpc) is 2.75. The molecule has 0 saturated heterocycles. The Morgan fingerprint density at radius 3 is 2.91 bits per heavy atom. The van der Waals surface area contributed by atoms with E-state index in [-0.39, 0.29) is 0 Å². The first-order chi connectivity index (χ1) is 11.3. The van der Waals surface area contributed by atoms with E-state index in [0.29, 0.717) is 6.04 Å². The molecular formula is C20H21N3. The fraction of sp³-hybridized carbons (Fsp3) is 0.250. The van der Waals surface area contributed by atoms with Crippen molar-refractivity contribution in [2.45, 2.75) is 26.1 Å². The van der Waals surface area contributed by atoms with Gasteiger partial charge >= 0.3 is 0 Å². The summed E-state index contributed by atoms with van der Waals surface area (Å²) >= 11 is 0. The van der Waals surface area contributed by atoms with E-state index < -0.39 is 0 Å². The Balaban J connectivity index is 1.74. The number of pyridine rings is 1. The molecule has 1 unspecified atom stereocenters. The molecule has 116 valence electrons. The van der Waals surface area contributed by atoms with Gasteiger partial charge in [0.2, 0.25) is 0 Å². The van der Waals surface area contributed by atoms with E-state index in [0.717, 1.165) is 25.2 Å². The lowest BCUT2D eigenvalue weighted by molar-refractivity contribution is 0.552. The molecule has 3 nitrogen and oxygen atoms in total. The number of aromatic nitrogens is 1. The van der Waals surface area contributed by atoms with Crippen molar-refractivity contribution in [3.8, 4) is 0 Å². The van der Waals surface area contributed by atoms with Gasteiger partial charge in [-0.05, 0) is 30.2 Å². The first-order valence-electron chi connectivity index (χ1n) is 8.20. The summed E-state index contributed by atoms with van der Waals surface area (Å²) in [6.07, 6.45) is 1.88. The maximum Gasteiger partial charge on any atom is 0.0751 e. The molecule has 2 heterocycles. The number of anilines is 1. The SMILES string of the molecule is CC1CN(Cc2cccc3cccnc23)c2ccccc2CN1. The van der Waals surface area contributed by atoms with Crippen LogP contribution in [0.15, 0.2) is 60.8 Å². The van der Waals surface area contributed by atoms with Gasteiger partial charge in [0.15, 0.2) is 0 Å². The maximum atomic E-state index is 4.60. The van der Waals surface area contributed by atoms with Crippen LogP contribution < -0.4 is 10.2 Å². The highest BCUT2D eigenvalue weighted by molar-refractivity contribution is 5.81. The summed E-state index contributed by atoms with van der Waals surface area (Å²) in [7, 11) is 0. The molecule has 0 aliphatic carbocycles. The molecule has 0 bridgehead atoms. The Labute approximate surface area is 137 Å². The number of benzene rings is 2. The molecule has 1 atom stereocenters. The molecule has 0 amide bonds. The van der Waals surface area contributed by atoms with E-state index >= 15 is 0 Å². The number of rotatable bonds is 2. The molecular weight excluding hydrogens is 282 g/mol. The van der Waals surface area contributed by atoms with Crippen molar-refractivity contribution in [2.75, 3.05) is 11.4 Å². The Hall–Kier alpha value is -2.39. The zero-order chi connectivity index (χ0) is 15.6. The standard InChI is InChI=1S/C20H21N3/c1-15-13-23(19-10-3-2-6-17(19)12-22-15)14-18-8-4-7-16-9-5-11-21-20(16)18/h2-11,15,22H,12-14H2,1H3. The van der Waals surface area contributed by atoms with Crippen molar-refractivity contribution < 1.29 is 0 Å². The molecule has 1 N–H and O–H groups in total. The molecule has 3 aromatic rings. The van der Waals surface area contributed by atoms with Gasteiger partial charge in [0.25, 0.3) is 0 Å². The zero-order valence-corrected chi connectivity index (χ0v) is 13.4. The third kappa shape index (κ3) is 2.80. The Morgan fingerprint density at radius 1 is 1.09 bits per heavy atom. The van der Waals surface area contributed by atoms with Crippen LogP contribution in [-0.2, 0) is 13.1 Å². The zero-order valence-electron chi connectivity index (χ0n) is 13.4.